The van der Waals surface area contributed by atoms with Gasteiger partial charge in [0.2, 0.25) is 5.95 Å². The highest BCUT2D eigenvalue weighted by atomic mass is 32.2. The zero-order valence-electron chi connectivity index (χ0n) is 34.3. The maximum Gasteiger partial charge on any atom is 0.425 e. The first-order chi connectivity index (χ1) is 31.3. The zero-order chi connectivity index (χ0) is 49.3. The third kappa shape index (κ3) is 14.6. The van der Waals surface area contributed by atoms with Crippen molar-refractivity contribution in [3.8, 4) is 11.5 Å². The lowest BCUT2D eigenvalue weighted by atomic mass is 10.1. The largest absolute Gasteiger partial charge is 0.496 e. The quantitative estimate of drug-likeness (QED) is 0.0586. The van der Waals surface area contributed by atoms with Gasteiger partial charge in [-0.15, -0.1) is 17.7 Å². The summed E-state index contributed by atoms with van der Waals surface area (Å²) in [5, 5.41) is 18.5. The van der Waals surface area contributed by atoms with E-state index < -0.39 is 71.5 Å². The van der Waals surface area contributed by atoms with Gasteiger partial charge in [0.1, 0.15) is 38.6 Å². The predicted molar refractivity (Wildman–Crippen MR) is 234 cm³/mol. The second-order valence-corrected chi connectivity index (χ2v) is 19.5. The Morgan fingerprint density at radius 1 is 0.552 bits per heavy atom. The molecule has 30 heteroatoms. The van der Waals surface area contributed by atoms with Crippen molar-refractivity contribution in [2.24, 2.45) is 20.5 Å². The zero-order valence-corrected chi connectivity index (χ0v) is 38.3. The number of hydrogen-bond acceptors (Lipinski definition) is 21. The number of fused-ring (bicyclic) bond motifs is 1. The van der Waals surface area contributed by atoms with Gasteiger partial charge in [-0.2, -0.15) is 59.0 Å². The van der Waals surface area contributed by atoms with E-state index in [4.69, 9.17) is 22.1 Å². The van der Waals surface area contributed by atoms with Crippen LogP contribution in [0.25, 0.3) is 10.8 Å². The fourth-order valence-corrected chi connectivity index (χ4v) is 8.54. The molecule has 0 saturated carbocycles. The van der Waals surface area contributed by atoms with Gasteiger partial charge in [-0.1, -0.05) is 36.4 Å². The Morgan fingerprint density at radius 3 is 1.70 bits per heavy atom. The molecule has 0 bridgehead atoms. The summed E-state index contributed by atoms with van der Waals surface area (Å²) in [7, 11) is -19.5. The summed E-state index contributed by atoms with van der Waals surface area (Å²) in [5.74, 6) is -0.637. The van der Waals surface area contributed by atoms with Gasteiger partial charge in [0, 0.05) is 41.8 Å². The molecular formula is C37H34N8O17S5. The minimum Gasteiger partial charge on any atom is -0.496 e. The predicted octanol–water partition coefficient (Wildman–Crippen LogP) is 5.09. The van der Waals surface area contributed by atoms with Crippen LogP contribution in [0.3, 0.4) is 0 Å². The molecule has 0 unspecified atom stereocenters. The third-order valence-electron chi connectivity index (χ3n) is 8.75. The maximum atomic E-state index is 12.6. The summed E-state index contributed by atoms with van der Waals surface area (Å²) in [6.07, 6.45) is -0.433. The Hall–Kier alpha value is -6.77. The first kappa shape index (κ1) is 51.2. The number of rotatable bonds is 17. The summed E-state index contributed by atoms with van der Waals surface area (Å²) >= 11 is 0. The number of aromatic nitrogens is 3. The molecule has 0 saturated heterocycles. The highest BCUT2D eigenvalue weighted by Crippen LogP contribution is 2.39. The number of hydrogen-bond donors (Lipinski definition) is 5. The summed E-state index contributed by atoms with van der Waals surface area (Å²) in [4.78, 5) is 11.3. The molecule has 0 spiro atoms. The number of nitrogens with zero attached hydrogens (tertiary/aromatic N) is 7. The van der Waals surface area contributed by atoms with E-state index in [1.165, 1.54) is 50.6 Å². The van der Waals surface area contributed by atoms with Crippen molar-refractivity contribution < 1.29 is 74.0 Å². The molecule has 1 aromatic heterocycles. The van der Waals surface area contributed by atoms with Crippen LogP contribution >= 0.6 is 0 Å². The van der Waals surface area contributed by atoms with Gasteiger partial charge in [-0.3, -0.25) is 18.2 Å². The minimum atomic E-state index is -4.94. The number of anilines is 1. The third-order valence-corrected chi connectivity index (χ3v) is 12.2. The molecule has 5 aromatic carbocycles. The Bertz CT molecular complexity index is 3490. The van der Waals surface area contributed by atoms with Gasteiger partial charge in [0.05, 0.1) is 41.9 Å². The van der Waals surface area contributed by atoms with Gasteiger partial charge in [-0.05, 0) is 54.1 Å². The Morgan fingerprint density at radius 2 is 1.12 bits per heavy atom. The van der Waals surface area contributed by atoms with Crippen LogP contribution in [0.1, 0.15) is 22.8 Å². The number of benzene rings is 5. The van der Waals surface area contributed by atoms with Gasteiger partial charge in [0.15, 0.2) is 0 Å². The summed E-state index contributed by atoms with van der Waals surface area (Å²) in [6.45, 7) is -0.337. The lowest BCUT2D eigenvalue weighted by Gasteiger charge is -2.14. The average Bonchev–Trinajstić information content (AvgIpc) is 3.23. The molecule has 0 radical (unpaired) electrons. The van der Waals surface area contributed by atoms with E-state index in [2.05, 4.69) is 40.7 Å². The number of nitrogens with one attached hydrogen (secondary N) is 1. The highest BCUT2D eigenvalue weighted by Gasteiger charge is 2.23. The fourth-order valence-electron chi connectivity index (χ4n) is 6.02. The molecule has 0 atom stereocenters. The molecule has 0 aliphatic carbocycles. The van der Waals surface area contributed by atoms with Crippen LogP contribution in [0.4, 0.5) is 28.7 Å². The van der Waals surface area contributed by atoms with E-state index in [0.29, 0.717) is 11.3 Å². The van der Waals surface area contributed by atoms with Crippen molar-refractivity contribution in [2.45, 2.75) is 27.5 Å². The molecular weight excluding hydrogens is 989 g/mol. The molecule has 354 valence electrons. The van der Waals surface area contributed by atoms with Crippen LogP contribution in [0.2, 0.25) is 0 Å². The molecule has 6 rings (SSSR count). The molecule has 0 amide bonds. The monoisotopic (exact) mass is 1020 g/mol. The van der Waals surface area contributed by atoms with E-state index in [1.807, 2.05) is 0 Å². The normalized spacial score (nSPS) is 12.2. The van der Waals surface area contributed by atoms with Crippen LogP contribution in [0.15, 0.2) is 126 Å². The fraction of sp³-hybridized carbons (Fsp3) is 0.162. The topological polar surface area (TPSA) is 387 Å². The van der Waals surface area contributed by atoms with Crippen molar-refractivity contribution in [1.29, 1.82) is 0 Å². The van der Waals surface area contributed by atoms with Crippen LogP contribution in [0, 0.1) is 0 Å². The van der Waals surface area contributed by atoms with Crippen molar-refractivity contribution in [3.05, 3.63) is 114 Å². The Kier molecular flexibility index (Phi) is 16.2. The van der Waals surface area contributed by atoms with E-state index in [0.717, 1.165) is 24.3 Å². The number of azo groups is 2. The molecule has 25 nitrogen and oxygen atoms in total. The average molecular weight is 1020 g/mol. The Balaban J connectivity index is 0.00000202. The van der Waals surface area contributed by atoms with Crippen molar-refractivity contribution in [1.82, 2.24) is 15.0 Å². The summed E-state index contributed by atoms with van der Waals surface area (Å²) < 4.78 is 172. The van der Waals surface area contributed by atoms with E-state index in [9.17, 15) is 51.9 Å². The lowest BCUT2D eigenvalue weighted by Crippen LogP contribution is -2.18. The highest BCUT2D eigenvalue weighted by molar-refractivity contribution is 7.86. The smallest absolute Gasteiger partial charge is 0.425 e. The maximum absolute atomic E-state index is 12.6. The van der Waals surface area contributed by atoms with E-state index >= 15 is 0 Å². The standard InChI is InChI=1S/C37H34N8O14S4.O3S/c1-58-30-21-29(45-44-26-18-28-27(34(20-26)63(55,56)57)9-6-10-32(28)61(49,50)51)31(59-2)15-23(30)17-36-39-35(40-37(41-36)38-13-14-60(46,47)48)16-22-11-12-25(19-33(22)62(52,53)54)43-42-24-7-4-3-5-8-24;1-4(2)3/h3-12,15,18-21H,13-14,16-17H2,1-2H3,(H,46,47,48)(H,49,50,51)(H,52,53,54)(H,55,56,57)(H,38,39,40,41);. The SMILES string of the molecule is COc1cc(N=Nc2cc(S(=O)(=O)O)c3cccc(S(=O)(=O)O)c3c2)c(OC)cc1Cc1nc(Cc2ccc(N=Nc3ccccc3)cc2S(=O)(=O)O)nc(NCCS(=O)(=O)O)n1.O=S(=O)=O. The molecule has 0 aliphatic heterocycles. The minimum absolute atomic E-state index is 0.0167. The van der Waals surface area contributed by atoms with Crippen LogP contribution < -0.4 is 14.8 Å². The van der Waals surface area contributed by atoms with Crippen LogP contribution in [0.5, 0.6) is 11.5 Å². The van der Waals surface area contributed by atoms with Gasteiger partial charge >= 0.3 is 10.6 Å². The summed E-state index contributed by atoms with van der Waals surface area (Å²) in [6, 6.07) is 21.0. The van der Waals surface area contributed by atoms with Gasteiger partial charge in [0.25, 0.3) is 40.5 Å². The molecule has 6 aromatic rings. The van der Waals surface area contributed by atoms with Crippen molar-refractivity contribution in [3.63, 3.8) is 0 Å². The number of ether oxygens (including phenoxy) is 2. The van der Waals surface area contributed by atoms with Crippen LogP contribution in [-0.4, -0.2) is 106 Å². The lowest BCUT2D eigenvalue weighted by molar-refractivity contribution is 0.400. The van der Waals surface area contributed by atoms with Crippen molar-refractivity contribution in [2.75, 3.05) is 31.8 Å². The van der Waals surface area contributed by atoms with Crippen LogP contribution in [-0.2, 0) is 63.9 Å². The number of methoxy groups -OCH3 is 2. The van der Waals surface area contributed by atoms with E-state index in [-0.39, 0.29) is 81.9 Å². The summed E-state index contributed by atoms with van der Waals surface area (Å²) in [5.41, 5.74) is 0.796. The molecule has 0 aliphatic rings. The molecule has 0 fully saturated rings. The first-order valence-corrected chi connectivity index (χ1v) is 25.2. The van der Waals surface area contributed by atoms with Gasteiger partial charge in [-0.25, -0.2) is 4.98 Å². The second kappa shape index (κ2) is 21.2. The van der Waals surface area contributed by atoms with E-state index in [1.54, 1.807) is 30.3 Å². The van der Waals surface area contributed by atoms with Gasteiger partial charge < -0.3 is 14.8 Å². The first-order valence-electron chi connectivity index (χ1n) is 18.3. The molecule has 67 heavy (non-hydrogen) atoms. The Labute approximate surface area is 382 Å². The molecule has 5 N–H and O–H groups in total. The second-order valence-electron chi connectivity index (χ2n) is 13.3. The van der Waals surface area contributed by atoms with Crippen molar-refractivity contribution >= 4 is 90.6 Å². The molecule has 1 heterocycles.